The zero-order valence-corrected chi connectivity index (χ0v) is 13.7. The number of carbonyl (C=O) groups excluding carboxylic acids is 1. The van der Waals surface area contributed by atoms with Gasteiger partial charge in [-0.1, -0.05) is 6.07 Å². The van der Waals surface area contributed by atoms with Gasteiger partial charge in [-0.25, -0.2) is 4.79 Å². The fourth-order valence-corrected chi connectivity index (χ4v) is 1.72. The Bertz CT molecular complexity index is 576. The van der Waals surface area contributed by atoms with Gasteiger partial charge in [0.05, 0.1) is 11.6 Å². The molecule has 0 bridgehead atoms. The number of anilines is 1. The molecule has 0 aliphatic carbocycles. The van der Waals surface area contributed by atoms with E-state index in [0.717, 1.165) is 5.69 Å². The lowest BCUT2D eigenvalue weighted by Gasteiger charge is -2.19. The maximum Gasteiger partial charge on any atom is 0.407 e. The zero-order chi connectivity index (χ0) is 16.6. The minimum absolute atomic E-state index is 0.384. The van der Waals surface area contributed by atoms with Crippen molar-refractivity contribution in [1.29, 1.82) is 5.26 Å². The molecule has 0 unspecified atom stereocenters. The maximum atomic E-state index is 11.4. The number of ether oxygens (including phenoxy) is 1. The van der Waals surface area contributed by atoms with Crippen LogP contribution in [-0.2, 0) is 4.74 Å². The van der Waals surface area contributed by atoms with E-state index in [1.165, 1.54) is 0 Å². The first-order valence-electron chi connectivity index (χ1n) is 6.82. The topological polar surface area (TPSA) is 86.2 Å². The van der Waals surface area contributed by atoms with E-state index in [0.29, 0.717) is 23.8 Å². The van der Waals surface area contributed by atoms with Crippen molar-refractivity contribution in [3.8, 4) is 6.07 Å². The molecule has 0 aliphatic rings. The van der Waals surface area contributed by atoms with Crippen molar-refractivity contribution < 1.29 is 9.53 Å². The molecule has 0 fully saturated rings. The van der Waals surface area contributed by atoms with E-state index >= 15 is 0 Å². The molecule has 0 saturated heterocycles. The molecule has 3 N–H and O–H groups in total. The molecule has 0 heterocycles. The first-order valence-corrected chi connectivity index (χ1v) is 7.23. The molecule has 1 amide bonds. The van der Waals surface area contributed by atoms with Gasteiger partial charge in [0, 0.05) is 18.8 Å². The van der Waals surface area contributed by atoms with Crippen LogP contribution in [0.3, 0.4) is 0 Å². The summed E-state index contributed by atoms with van der Waals surface area (Å²) < 4.78 is 5.11. The second-order valence-electron chi connectivity index (χ2n) is 5.50. The Kier molecular flexibility index (Phi) is 6.60. The Labute approximate surface area is 135 Å². The van der Waals surface area contributed by atoms with Gasteiger partial charge in [-0.3, -0.25) is 0 Å². The van der Waals surface area contributed by atoms with Crippen LogP contribution in [-0.4, -0.2) is 29.9 Å². The number of amides is 1. The highest BCUT2D eigenvalue weighted by Gasteiger charge is 2.15. The van der Waals surface area contributed by atoms with E-state index in [1.807, 2.05) is 6.07 Å². The van der Waals surface area contributed by atoms with Crippen molar-refractivity contribution >= 4 is 29.1 Å². The largest absolute Gasteiger partial charge is 0.444 e. The van der Waals surface area contributed by atoms with Crippen molar-refractivity contribution in [2.45, 2.75) is 26.4 Å². The first kappa shape index (κ1) is 17.7. The molecule has 0 radical (unpaired) electrons. The van der Waals surface area contributed by atoms with Crippen molar-refractivity contribution in [3.05, 3.63) is 29.8 Å². The molecule has 22 heavy (non-hydrogen) atoms. The highest BCUT2D eigenvalue weighted by Crippen LogP contribution is 2.09. The molecule has 0 aliphatic heterocycles. The molecule has 1 aromatic carbocycles. The van der Waals surface area contributed by atoms with Gasteiger partial charge < -0.3 is 20.7 Å². The van der Waals surface area contributed by atoms with Gasteiger partial charge in [-0.15, -0.1) is 0 Å². The summed E-state index contributed by atoms with van der Waals surface area (Å²) in [6, 6.07) is 9.06. The highest BCUT2D eigenvalue weighted by atomic mass is 32.1. The van der Waals surface area contributed by atoms with E-state index in [4.69, 9.17) is 22.2 Å². The summed E-state index contributed by atoms with van der Waals surface area (Å²) in [6.07, 6.45) is -0.463. The predicted octanol–water partition coefficient (Wildman–Crippen LogP) is 2.37. The van der Waals surface area contributed by atoms with Crippen LogP contribution in [0.5, 0.6) is 0 Å². The molecule has 0 spiro atoms. The summed E-state index contributed by atoms with van der Waals surface area (Å²) in [4.78, 5) is 11.4. The van der Waals surface area contributed by atoms with E-state index in [-0.39, 0.29) is 0 Å². The number of hydrogen-bond acceptors (Lipinski definition) is 4. The Morgan fingerprint density at radius 1 is 1.32 bits per heavy atom. The summed E-state index contributed by atoms with van der Waals surface area (Å²) in [5.74, 6) is 0. The number of thiocarbonyl (C=S) groups is 1. The molecule has 6 nitrogen and oxygen atoms in total. The summed E-state index contributed by atoms with van der Waals surface area (Å²) in [5, 5.41) is 17.8. The summed E-state index contributed by atoms with van der Waals surface area (Å²) >= 11 is 5.13. The number of rotatable bonds is 4. The minimum atomic E-state index is -0.514. The molecule has 0 atom stereocenters. The third-order valence-corrected chi connectivity index (χ3v) is 2.57. The predicted molar refractivity (Wildman–Crippen MR) is 89.6 cm³/mol. The van der Waals surface area contributed by atoms with Gasteiger partial charge in [-0.05, 0) is 51.2 Å². The van der Waals surface area contributed by atoms with Crippen LogP contribution in [0.15, 0.2) is 24.3 Å². The van der Waals surface area contributed by atoms with Crippen LogP contribution in [0.1, 0.15) is 26.3 Å². The summed E-state index contributed by atoms with van der Waals surface area (Å²) in [6.45, 7) is 6.26. The maximum absolute atomic E-state index is 11.4. The zero-order valence-electron chi connectivity index (χ0n) is 12.9. The van der Waals surface area contributed by atoms with Crippen LogP contribution in [0, 0.1) is 11.3 Å². The molecular weight excluding hydrogens is 300 g/mol. The first-order chi connectivity index (χ1) is 10.3. The van der Waals surface area contributed by atoms with Crippen LogP contribution >= 0.6 is 12.2 Å². The lowest BCUT2D eigenvalue weighted by Crippen LogP contribution is -2.39. The van der Waals surface area contributed by atoms with Crippen LogP contribution in [0.25, 0.3) is 0 Å². The summed E-state index contributed by atoms with van der Waals surface area (Å²) in [5.41, 5.74) is 0.774. The molecule has 0 aromatic heterocycles. The number of carbonyl (C=O) groups is 1. The lowest BCUT2D eigenvalue weighted by atomic mass is 10.2. The average Bonchev–Trinajstić information content (AvgIpc) is 2.42. The van der Waals surface area contributed by atoms with Gasteiger partial charge in [0.2, 0.25) is 0 Å². The van der Waals surface area contributed by atoms with Gasteiger partial charge in [0.15, 0.2) is 5.11 Å². The van der Waals surface area contributed by atoms with Crippen molar-refractivity contribution in [1.82, 2.24) is 10.6 Å². The van der Waals surface area contributed by atoms with Gasteiger partial charge in [0.25, 0.3) is 0 Å². The molecule has 1 aromatic rings. The van der Waals surface area contributed by atoms with Crippen molar-refractivity contribution in [2.24, 2.45) is 0 Å². The second-order valence-corrected chi connectivity index (χ2v) is 5.91. The van der Waals surface area contributed by atoms with Crippen LogP contribution in [0.2, 0.25) is 0 Å². The van der Waals surface area contributed by atoms with Crippen molar-refractivity contribution in [2.75, 3.05) is 18.4 Å². The summed E-state index contributed by atoms with van der Waals surface area (Å²) in [7, 11) is 0. The highest BCUT2D eigenvalue weighted by molar-refractivity contribution is 7.80. The number of nitrogens with zero attached hydrogens (tertiary/aromatic N) is 1. The minimum Gasteiger partial charge on any atom is -0.444 e. The van der Waals surface area contributed by atoms with E-state index in [2.05, 4.69) is 22.0 Å². The SMILES string of the molecule is CC(C)(C)OC(=O)NCCNC(=S)Nc1cccc(C#N)c1. The van der Waals surface area contributed by atoms with Gasteiger partial charge in [0.1, 0.15) is 5.60 Å². The number of hydrogen-bond donors (Lipinski definition) is 3. The van der Waals surface area contributed by atoms with Gasteiger partial charge >= 0.3 is 6.09 Å². The van der Waals surface area contributed by atoms with E-state index < -0.39 is 11.7 Å². The Morgan fingerprint density at radius 2 is 2.00 bits per heavy atom. The number of nitriles is 1. The number of benzene rings is 1. The van der Waals surface area contributed by atoms with E-state index in [9.17, 15) is 4.79 Å². The molecule has 0 saturated carbocycles. The monoisotopic (exact) mass is 320 g/mol. The third kappa shape index (κ3) is 7.45. The quantitative estimate of drug-likeness (QED) is 0.583. The Hall–Kier alpha value is -2.33. The van der Waals surface area contributed by atoms with Gasteiger partial charge in [-0.2, -0.15) is 5.26 Å². The molecular formula is C15H20N4O2S. The molecule has 118 valence electrons. The molecule has 1 rings (SSSR count). The van der Waals surface area contributed by atoms with E-state index in [1.54, 1.807) is 39.0 Å². The smallest absolute Gasteiger partial charge is 0.407 e. The van der Waals surface area contributed by atoms with Crippen LogP contribution < -0.4 is 16.0 Å². The lowest BCUT2D eigenvalue weighted by molar-refractivity contribution is 0.0529. The normalized spacial score (nSPS) is 10.3. The van der Waals surface area contributed by atoms with Crippen LogP contribution in [0.4, 0.5) is 10.5 Å². The Balaban J connectivity index is 2.26. The Morgan fingerprint density at radius 3 is 2.64 bits per heavy atom. The van der Waals surface area contributed by atoms with Crippen molar-refractivity contribution in [3.63, 3.8) is 0 Å². The standard InChI is InChI=1S/C15H20N4O2S/c1-15(2,3)21-14(20)18-8-7-17-13(22)19-12-6-4-5-11(9-12)10-16/h4-6,9H,7-8H2,1-3H3,(H,18,20)(H2,17,19,22). The number of nitrogens with one attached hydrogen (secondary N) is 3. The third-order valence-electron chi connectivity index (χ3n) is 2.33. The fraction of sp³-hybridized carbons (Fsp3) is 0.400. The number of alkyl carbamates (subject to hydrolysis) is 1. The fourth-order valence-electron chi connectivity index (χ4n) is 1.50. The second kappa shape index (κ2) is 8.20. The average molecular weight is 320 g/mol. The molecule has 7 heteroatoms.